The second-order valence-corrected chi connectivity index (χ2v) is 7.80. The van der Waals surface area contributed by atoms with Crippen molar-refractivity contribution in [2.45, 2.75) is 38.0 Å². The van der Waals surface area contributed by atoms with Crippen LogP contribution in [0.1, 0.15) is 36.7 Å². The first-order valence-electron chi connectivity index (χ1n) is 10.4. The van der Waals surface area contributed by atoms with E-state index >= 15 is 0 Å². The zero-order valence-electron chi connectivity index (χ0n) is 17.7. The van der Waals surface area contributed by atoms with E-state index in [2.05, 4.69) is 20.4 Å². The van der Waals surface area contributed by atoms with Gasteiger partial charge in [-0.1, -0.05) is 11.2 Å². The highest BCUT2D eigenvalue weighted by atomic mass is 16.5. The first-order valence-corrected chi connectivity index (χ1v) is 10.4. The largest absolute Gasteiger partial charge is 0.502 e. The van der Waals surface area contributed by atoms with Gasteiger partial charge in [0.25, 0.3) is 0 Å². The molecule has 1 aliphatic rings. The predicted octanol–water partition coefficient (Wildman–Crippen LogP) is 1.90. The Morgan fingerprint density at radius 2 is 2.09 bits per heavy atom. The van der Waals surface area contributed by atoms with Gasteiger partial charge < -0.3 is 24.1 Å². The number of hydrogen-bond acceptors (Lipinski definition) is 9. The van der Waals surface area contributed by atoms with Gasteiger partial charge in [0.1, 0.15) is 11.5 Å². The van der Waals surface area contributed by atoms with Crippen molar-refractivity contribution in [3.05, 3.63) is 58.1 Å². The van der Waals surface area contributed by atoms with Crippen molar-refractivity contribution < 1.29 is 23.6 Å². The Hall–Kier alpha value is -3.53. The van der Waals surface area contributed by atoms with Crippen LogP contribution in [-0.4, -0.2) is 45.9 Å². The van der Waals surface area contributed by atoms with Crippen LogP contribution in [0.5, 0.6) is 5.75 Å². The molecule has 0 saturated carbocycles. The lowest BCUT2D eigenvalue weighted by Crippen LogP contribution is -2.40. The van der Waals surface area contributed by atoms with Crippen LogP contribution >= 0.6 is 0 Å². The molecule has 1 saturated heterocycles. The summed E-state index contributed by atoms with van der Waals surface area (Å²) < 4.78 is 16.4. The number of ether oxygens (including phenoxy) is 1. The molecule has 0 bridgehead atoms. The van der Waals surface area contributed by atoms with Crippen LogP contribution < -0.4 is 10.7 Å². The van der Waals surface area contributed by atoms with Gasteiger partial charge in [0.15, 0.2) is 5.76 Å². The Morgan fingerprint density at radius 1 is 1.28 bits per heavy atom. The minimum absolute atomic E-state index is 0.0549. The minimum Gasteiger partial charge on any atom is -0.502 e. The highest BCUT2D eigenvalue weighted by Gasteiger charge is 2.41. The summed E-state index contributed by atoms with van der Waals surface area (Å²) in [5.74, 6) is 0.622. The first kappa shape index (κ1) is 21.7. The van der Waals surface area contributed by atoms with E-state index in [-0.39, 0.29) is 18.1 Å². The Labute approximate surface area is 183 Å². The number of nitrogens with zero attached hydrogens (tertiary/aromatic N) is 3. The number of hydrogen-bond donors (Lipinski definition) is 2. The molecule has 0 atom stereocenters. The number of pyridine rings is 1. The Balaban J connectivity index is 1.41. The van der Waals surface area contributed by atoms with Gasteiger partial charge in [0, 0.05) is 50.3 Å². The number of carbonyl (C=O) groups excluding carboxylic acids is 1. The van der Waals surface area contributed by atoms with E-state index in [1.807, 2.05) is 6.07 Å². The Bertz CT molecular complexity index is 1130. The van der Waals surface area contributed by atoms with Gasteiger partial charge in [-0.05, 0) is 31.9 Å². The summed E-state index contributed by atoms with van der Waals surface area (Å²) in [7, 11) is 0. The van der Waals surface area contributed by atoms with Gasteiger partial charge >= 0.3 is 0 Å². The van der Waals surface area contributed by atoms with E-state index in [9.17, 15) is 14.7 Å². The molecule has 0 spiro atoms. The second-order valence-electron chi connectivity index (χ2n) is 7.80. The van der Waals surface area contributed by atoms with Gasteiger partial charge in [0.2, 0.25) is 28.8 Å². The highest BCUT2D eigenvalue weighted by molar-refractivity contribution is 5.77. The lowest BCUT2D eigenvalue weighted by atomic mass is 9.74. The maximum absolute atomic E-state index is 12.8. The number of carbonyl (C=O) groups is 1. The third-order valence-electron chi connectivity index (χ3n) is 5.50. The van der Waals surface area contributed by atoms with E-state index in [0.717, 1.165) is 0 Å². The smallest absolute Gasteiger partial charge is 0.228 e. The summed E-state index contributed by atoms with van der Waals surface area (Å²) in [5, 5.41) is 17.1. The molecule has 168 valence electrons. The van der Waals surface area contributed by atoms with Crippen molar-refractivity contribution >= 4 is 5.91 Å². The number of amides is 1. The number of aromatic hydroxyl groups is 1. The SMILES string of the molecule is Cc1cc(=O)c(O)c(C2(CC(=O)NCCc3nc(-c4ccccn4)no3)CCOCC2)o1. The summed E-state index contributed by atoms with van der Waals surface area (Å²) in [4.78, 5) is 33.3. The van der Waals surface area contributed by atoms with Crippen LogP contribution in [0, 0.1) is 6.92 Å². The average Bonchev–Trinajstić information content (AvgIpc) is 3.26. The van der Waals surface area contributed by atoms with Crippen LogP contribution in [-0.2, 0) is 21.4 Å². The van der Waals surface area contributed by atoms with Crippen LogP contribution in [0.3, 0.4) is 0 Å². The van der Waals surface area contributed by atoms with Crippen molar-refractivity contribution in [1.82, 2.24) is 20.4 Å². The van der Waals surface area contributed by atoms with Crippen molar-refractivity contribution in [1.29, 1.82) is 0 Å². The third-order valence-corrected chi connectivity index (χ3v) is 5.50. The van der Waals surface area contributed by atoms with Gasteiger partial charge in [-0.15, -0.1) is 0 Å². The molecule has 3 aromatic heterocycles. The average molecular weight is 440 g/mol. The van der Waals surface area contributed by atoms with Crippen LogP contribution in [0.4, 0.5) is 0 Å². The highest BCUT2D eigenvalue weighted by Crippen LogP contribution is 2.41. The zero-order chi connectivity index (χ0) is 22.6. The monoisotopic (exact) mass is 440 g/mol. The molecule has 0 aliphatic carbocycles. The van der Waals surface area contributed by atoms with Crippen LogP contribution in [0.25, 0.3) is 11.5 Å². The summed E-state index contributed by atoms with van der Waals surface area (Å²) in [5.41, 5.74) is -0.726. The van der Waals surface area contributed by atoms with Gasteiger partial charge in [-0.25, -0.2) is 0 Å². The van der Waals surface area contributed by atoms with E-state index in [4.69, 9.17) is 13.7 Å². The molecule has 0 unspecified atom stereocenters. The molecule has 1 aliphatic heterocycles. The fourth-order valence-corrected chi connectivity index (χ4v) is 3.84. The fourth-order valence-electron chi connectivity index (χ4n) is 3.84. The van der Waals surface area contributed by atoms with Crippen LogP contribution in [0.15, 0.2) is 44.2 Å². The number of aromatic nitrogens is 3. The summed E-state index contributed by atoms with van der Waals surface area (Å²) in [6, 6.07) is 6.64. The summed E-state index contributed by atoms with van der Waals surface area (Å²) in [6.45, 7) is 2.74. The number of rotatable bonds is 7. The second kappa shape index (κ2) is 9.31. The summed E-state index contributed by atoms with van der Waals surface area (Å²) >= 11 is 0. The molecule has 1 fully saturated rings. The number of aryl methyl sites for hydroxylation is 1. The van der Waals surface area contributed by atoms with E-state index in [1.54, 1.807) is 25.3 Å². The molecule has 0 aromatic carbocycles. The van der Waals surface area contributed by atoms with Crippen LogP contribution in [0.2, 0.25) is 0 Å². The molecule has 32 heavy (non-hydrogen) atoms. The quantitative estimate of drug-likeness (QED) is 0.563. The molecule has 1 amide bonds. The molecule has 2 N–H and O–H groups in total. The van der Waals surface area contributed by atoms with Gasteiger partial charge in [-0.2, -0.15) is 4.98 Å². The minimum atomic E-state index is -0.811. The lowest BCUT2D eigenvalue weighted by Gasteiger charge is -2.35. The standard InChI is InChI=1S/C22H24N4O6/c1-14-12-16(27)19(29)20(31-14)22(6-10-30-11-7-22)13-17(28)24-9-5-18-25-21(26-32-18)15-4-2-3-8-23-15/h2-4,8,12,29H,5-7,9-11,13H2,1H3,(H,24,28). The third kappa shape index (κ3) is 4.70. The van der Waals surface area contributed by atoms with E-state index in [0.29, 0.717) is 62.2 Å². The summed E-state index contributed by atoms with van der Waals surface area (Å²) in [6.07, 6.45) is 2.96. The van der Waals surface area contributed by atoms with Crippen molar-refractivity contribution in [3.63, 3.8) is 0 Å². The van der Waals surface area contributed by atoms with Crippen molar-refractivity contribution in [3.8, 4) is 17.3 Å². The van der Waals surface area contributed by atoms with Crippen molar-refractivity contribution in [2.24, 2.45) is 0 Å². The Morgan fingerprint density at radius 3 is 2.84 bits per heavy atom. The van der Waals surface area contributed by atoms with Gasteiger partial charge in [-0.3, -0.25) is 14.6 Å². The molecule has 4 rings (SSSR count). The number of nitrogens with one attached hydrogen (secondary N) is 1. The zero-order valence-corrected chi connectivity index (χ0v) is 17.7. The Kier molecular flexibility index (Phi) is 6.31. The predicted molar refractivity (Wildman–Crippen MR) is 112 cm³/mol. The lowest BCUT2D eigenvalue weighted by molar-refractivity contribution is -0.123. The molecule has 3 aromatic rings. The fraction of sp³-hybridized carbons (Fsp3) is 0.409. The van der Waals surface area contributed by atoms with E-state index < -0.39 is 16.6 Å². The molecule has 10 nitrogen and oxygen atoms in total. The van der Waals surface area contributed by atoms with Gasteiger partial charge in [0.05, 0.1) is 0 Å². The molecule has 4 heterocycles. The first-order chi connectivity index (χ1) is 15.5. The maximum Gasteiger partial charge on any atom is 0.228 e. The molecular weight excluding hydrogens is 416 g/mol. The normalized spacial score (nSPS) is 15.4. The molecular formula is C22H24N4O6. The van der Waals surface area contributed by atoms with Crippen molar-refractivity contribution in [2.75, 3.05) is 19.8 Å². The van der Waals surface area contributed by atoms with E-state index in [1.165, 1.54) is 6.07 Å². The topological polar surface area (TPSA) is 141 Å². The molecule has 0 radical (unpaired) electrons. The maximum atomic E-state index is 12.8. The molecule has 10 heteroatoms.